The van der Waals surface area contributed by atoms with Gasteiger partial charge in [-0.25, -0.2) is 4.39 Å². The van der Waals surface area contributed by atoms with Crippen molar-refractivity contribution >= 4 is 38.1 Å². The Morgan fingerprint density at radius 2 is 1.83 bits per heavy atom. The number of benzene rings is 2. The monoisotopic (exact) mass is 372 g/mol. The number of carbonyl (C=O) groups is 1. The highest BCUT2D eigenvalue weighted by molar-refractivity contribution is 9.10. The first-order valence-corrected chi connectivity index (χ1v) is 6.56. The van der Waals surface area contributed by atoms with Crippen molar-refractivity contribution in [2.24, 2.45) is 0 Å². The van der Waals surface area contributed by atoms with E-state index in [1.165, 1.54) is 12.1 Å². The quantitative estimate of drug-likeness (QED) is 0.711. The molecular weight excluding hydrogens is 367 g/mol. The minimum absolute atomic E-state index is 0.320. The van der Waals surface area contributed by atoms with Gasteiger partial charge in [-0.15, -0.1) is 0 Å². The molecule has 2 aromatic carbocycles. The lowest BCUT2D eigenvalue weighted by atomic mass is 10.2. The van der Waals surface area contributed by atoms with Crippen LogP contribution in [0.3, 0.4) is 0 Å². The van der Waals surface area contributed by atoms with Gasteiger partial charge in [-0.3, -0.25) is 4.79 Å². The zero-order valence-corrected chi connectivity index (χ0v) is 12.2. The van der Waals surface area contributed by atoms with E-state index in [0.717, 1.165) is 4.47 Å². The van der Waals surface area contributed by atoms with E-state index in [-0.39, 0.29) is 0 Å². The summed E-state index contributed by atoms with van der Waals surface area (Å²) in [5, 5.41) is 0. The highest BCUT2D eigenvalue weighted by Crippen LogP contribution is 2.32. The Morgan fingerprint density at radius 1 is 1.06 bits per heavy atom. The van der Waals surface area contributed by atoms with Crippen LogP contribution >= 0.6 is 31.9 Å². The molecule has 0 heterocycles. The molecule has 0 aliphatic heterocycles. The maximum atomic E-state index is 13.1. The van der Waals surface area contributed by atoms with E-state index in [9.17, 15) is 9.18 Å². The fourth-order valence-electron chi connectivity index (χ4n) is 1.38. The molecule has 0 bridgehead atoms. The summed E-state index contributed by atoms with van der Waals surface area (Å²) in [6.45, 7) is 0. The second kappa shape index (κ2) is 5.63. The first-order valence-electron chi connectivity index (χ1n) is 4.98. The second-order valence-corrected chi connectivity index (χ2v) is 5.25. The molecule has 0 aromatic heterocycles. The molecule has 5 heteroatoms. The topological polar surface area (TPSA) is 26.3 Å². The van der Waals surface area contributed by atoms with Gasteiger partial charge in [-0.1, -0.05) is 15.9 Å². The van der Waals surface area contributed by atoms with Gasteiger partial charge in [0.15, 0.2) is 6.29 Å². The van der Waals surface area contributed by atoms with Crippen LogP contribution in [0.2, 0.25) is 0 Å². The zero-order valence-electron chi connectivity index (χ0n) is 8.99. The van der Waals surface area contributed by atoms with Crippen molar-refractivity contribution in [3.8, 4) is 11.5 Å². The van der Waals surface area contributed by atoms with Gasteiger partial charge >= 0.3 is 0 Å². The fraction of sp³-hybridized carbons (Fsp3) is 0. The third-order valence-electron chi connectivity index (χ3n) is 2.21. The maximum Gasteiger partial charge on any atom is 0.153 e. The van der Waals surface area contributed by atoms with Crippen LogP contribution in [-0.2, 0) is 0 Å². The molecule has 0 aliphatic carbocycles. The van der Waals surface area contributed by atoms with Crippen molar-refractivity contribution in [1.82, 2.24) is 0 Å². The summed E-state index contributed by atoms with van der Waals surface area (Å²) in [6.07, 6.45) is 0.688. The highest BCUT2D eigenvalue weighted by Gasteiger charge is 2.08. The minimum Gasteiger partial charge on any atom is -0.455 e. The van der Waals surface area contributed by atoms with Crippen LogP contribution in [0.4, 0.5) is 4.39 Å². The van der Waals surface area contributed by atoms with Crippen LogP contribution in [0.15, 0.2) is 45.3 Å². The Labute approximate surface area is 120 Å². The molecule has 0 unspecified atom stereocenters. The van der Waals surface area contributed by atoms with E-state index in [0.29, 0.717) is 27.8 Å². The van der Waals surface area contributed by atoms with Gasteiger partial charge in [-0.05, 0) is 46.3 Å². The zero-order chi connectivity index (χ0) is 13.1. The van der Waals surface area contributed by atoms with E-state index in [4.69, 9.17) is 4.74 Å². The third-order valence-corrected chi connectivity index (χ3v) is 3.36. The fourth-order valence-corrected chi connectivity index (χ4v) is 2.08. The summed E-state index contributed by atoms with van der Waals surface area (Å²) in [5.41, 5.74) is 0.389. The lowest BCUT2D eigenvalue weighted by Crippen LogP contribution is -1.92. The molecular formula is C13H7Br2FO2. The predicted molar refractivity (Wildman–Crippen MR) is 73.7 cm³/mol. The van der Waals surface area contributed by atoms with Gasteiger partial charge in [0.05, 0.1) is 10.0 Å². The van der Waals surface area contributed by atoms with Crippen LogP contribution < -0.4 is 4.74 Å². The van der Waals surface area contributed by atoms with E-state index in [1.807, 2.05) is 0 Å². The van der Waals surface area contributed by atoms with Crippen LogP contribution in [0.5, 0.6) is 11.5 Å². The van der Waals surface area contributed by atoms with Crippen LogP contribution in [0, 0.1) is 5.82 Å². The number of halogens is 3. The first kappa shape index (κ1) is 13.2. The molecule has 0 saturated carbocycles. The summed E-state index contributed by atoms with van der Waals surface area (Å²) in [7, 11) is 0. The SMILES string of the molecule is O=Cc1cc(Br)ccc1Oc1cc(F)ccc1Br. The molecule has 0 spiro atoms. The smallest absolute Gasteiger partial charge is 0.153 e. The Bertz CT molecular complexity index is 600. The first-order chi connectivity index (χ1) is 8.60. The summed E-state index contributed by atoms with van der Waals surface area (Å²) in [4.78, 5) is 10.9. The van der Waals surface area contributed by atoms with E-state index in [1.54, 1.807) is 24.3 Å². The molecule has 0 aliphatic rings. The maximum absolute atomic E-state index is 13.1. The normalized spacial score (nSPS) is 10.2. The molecule has 0 saturated heterocycles. The van der Waals surface area contributed by atoms with Gasteiger partial charge in [-0.2, -0.15) is 0 Å². The van der Waals surface area contributed by atoms with E-state index < -0.39 is 5.82 Å². The largest absolute Gasteiger partial charge is 0.455 e. The Morgan fingerprint density at radius 3 is 2.56 bits per heavy atom. The third kappa shape index (κ3) is 2.97. The van der Waals surface area contributed by atoms with Gasteiger partial charge in [0.25, 0.3) is 0 Å². The lowest BCUT2D eigenvalue weighted by molar-refractivity contribution is 0.112. The number of ether oxygens (including phenoxy) is 1. The number of rotatable bonds is 3. The van der Waals surface area contributed by atoms with Gasteiger partial charge in [0.2, 0.25) is 0 Å². The van der Waals surface area contributed by atoms with Crippen molar-refractivity contribution in [3.05, 3.63) is 56.7 Å². The van der Waals surface area contributed by atoms with Crippen molar-refractivity contribution in [1.29, 1.82) is 0 Å². The van der Waals surface area contributed by atoms with Gasteiger partial charge in [0, 0.05) is 10.5 Å². The number of aldehydes is 1. The second-order valence-electron chi connectivity index (χ2n) is 3.48. The molecule has 0 N–H and O–H groups in total. The Kier molecular flexibility index (Phi) is 4.14. The summed E-state index contributed by atoms with van der Waals surface area (Å²) >= 11 is 6.52. The number of carbonyl (C=O) groups excluding carboxylic acids is 1. The van der Waals surface area contributed by atoms with Gasteiger partial charge < -0.3 is 4.74 Å². The standard InChI is InChI=1S/C13H7Br2FO2/c14-9-1-4-12(8(5-9)7-17)18-13-6-10(16)2-3-11(13)15/h1-7H. The highest BCUT2D eigenvalue weighted by atomic mass is 79.9. The molecule has 2 aromatic rings. The van der Waals surface area contributed by atoms with Crippen molar-refractivity contribution in [2.75, 3.05) is 0 Å². The molecule has 2 rings (SSSR count). The minimum atomic E-state index is -0.405. The van der Waals surface area contributed by atoms with Crippen LogP contribution in [0.25, 0.3) is 0 Å². The number of hydrogen-bond donors (Lipinski definition) is 0. The van der Waals surface area contributed by atoms with Gasteiger partial charge in [0.1, 0.15) is 17.3 Å². The molecule has 0 fully saturated rings. The molecule has 18 heavy (non-hydrogen) atoms. The van der Waals surface area contributed by atoms with E-state index >= 15 is 0 Å². The Hall–Kier alpha value is -1.20. The molecule has 2 nitrogen and oxygen atoms in total. The molecule has 92 valence electrons. The van der Waals surface area contributed by atoms with E-state index in [2.05, 4.69) is 31.9 Å². The van der Waals surface area contributed by atoms with Crippen molar-refractivity contribution in [3.63, 3.8) is 0 Å². The predicted octanol–water partition coefficient (Wildman–Crippen LogP) is 4.96. The lowest BCUT2D eigenvalue weighted by Gasteiger charge is -2.10. The summed E-state index contributed by atoms with van der Waals surface area (Å²) in [5.74, 6) is 0.290. The summed E-state index contributed by atoms with van der Waals surface area (Å²) in [6, 6.07) is 9.14. The van der Waals surface area contributed by atoms with Crippen LogP contribution in [-0.4, -0.2) is 6.29 Å². The van der Waals surface area contributed by atoms with Crippen molar-refractivity contribution in [2.45, 2.75) is 0 Å². The molecule has 0 atom stereocenters. The molecule has 0 amide bonds. The van der Waals surface area contributed by atoms with Crippen molar-refractivity contribution < 1.29 is 13.9 Å². The number of hydrogen-bond acceptors (Lipinski definition) is 2. The van der Waals surface area contributed by atoms with Crippen LogP contribution in [0.1, 0.15) is 10.4 Å². The summed E-state index contributed by atoms with van der Waals surface area (Å²) < 4.78 is 20.0. The average Bonchev–Trinajstić information content (AvgIpc) is 2.36. The average molecular weight is 374 g/mol. The molecule has 0 radical (unpaired) electrons. The Balaban J connectivity index is 2.39.